The van der Waals surface area contributed by atoms with Crippen LogP contribution in [0.5, 0.6) is 0 Å². The van der Waals surface area contributed by atoms with Crippen molar-refractivity contribution in [2.75, 3.05) is 6.61 Å². The Balaban J connectivity index is 1.67. The van der Waals surface area contributed by atoms with Gasteiger partial charge in [0.15, 0.2) is 0 Å². The summed E-state index contributed by atoms with van der Waals surface area (Å²) in [5.74, 6) is 1.54. The molecule has 4 atom stereocenters. The Labute approximate surface area is 168 Å². The predicted molar refractivity (Wildman–Crippen MR) is 115 cm³/mol. The van der Waals surface area contributed by atoms with E-state index in [0.29, 0.717) is 17.8 Å². The molecule has 28 heavy (non-hydrogen) atoms. The van der Waals surface area contributed by atoms with E-state index in [4.69, 9.17) is 4.74 Å². The van der Waals surface area contributed by atoms with Gasteiger partial charge in [-0.25, -0.2) is 0 Å². The van der Waals surface area contributed by atoms with Crippen LogP contribution in [0.4, 0.5) is 0 Å². The SMILES string of the molecule is Cc1cc(C)cc([C@H]2OCC[C@H]3Cc4ccccc4[C@@H](c4ccccc4)[C@@H]32)c1. The average Bonchev–Trinajstić information content (AvgIpc) is 2.71. The van der Waals surface area contributed by atoms with E-state index in [2.05, 4.69) is 86.6 Å². The zero-order valence-electron chi connectivity index (χ0n) is 16.8. The summed E-state index contributed by atoms with van der Waals surface area (Å²) in [6, 6.07) is 27.1. The van der Waals surface area contributed by atoms with E-state index in [-0.39, 0.29) is 6.10 Å². The maximum absolute atomic E-state index is 6.51. The third kappa shape index (κ3) is 3.08. The molecule has 3 aromatic rings. The first-order valence-corrected chi connectivity index (χ1v) is 10.5. The monoisotopic (exact) mass is 368 g/mol. The fourth-order valence-corrected chi connectivity index (χ4v) is 5.65. The van der Waals surface area contributed by atoms with Crippen molar-refractivity contribution in [3.05, 3.63) is 106 Å². The smallest absolute Gasteiger partial charge is 0.0865 e. The molecule has 1 heteroatoms. The van der Waals surface area contributed by atoms with Crippen LogP contribution in [0, 0.1) is 25.7 Å². The maximum Gasteiger partial charge on any atom is 0.0865 e. The van der Waals surface area contributed by atoms with Gasteiger partial charge in [-0.1, -0.05) is 83.9 Å². The summed E-state index contributed by atoms with van der Waals surface area (Å²) >= 11 is 0. The highest BCUT2D eigenvalue weighted by Gasteiger charge is 2.45. The third-order valence-corrected chi connectivity index (χ3v) is 6.67. The summed E-state index contributed by atoms with van der Waals surface area (Å²) in [4.78, 5) is 0. The van der Waals surface area contributed by atoms with Crippen LogP contribution < -0.4 is 0 Å². The summed E-state index contributed by atoms with van der Waals surface area (Å²) < 4.78 is 6.51. The summed E-state index contributed by atoms with van der Waals surface area (Å²) in [5, 5.41) is 0. The first-order valence-electron chi connectivity index (χ1n) is 10.5. The highest BCUT2D eigenvalue weighted by Crippen LogP contribution is 2.53. The Hall–Kier alpha value is -2.38. The van der Waals surface area contributed by atoms with Gasteiger partial charge in [-0.2, -0.15) is 0 Å². The van der Waals surface area contributed by atoms with Crippen LogP contribution in [0.25, 0.3) is 0 Å². The van der Waals surface area contributed by atoms with Gasteiger partial charge >= 0.3 is 0 Å². The van der Waals surface area contributed by atoms with E-state index in [0.717, 1.165) is 13.0 Å². The van der Waals surface area contributed by atoms with Gasteiger partial charge in [0, 0.05) is 18.4 Å². The summed E-state index contributed by atoms with van der Waals surface area (Å²) in [7, 11) is 0. The topological polar surface area (TPSA) is 9.23 Å². The van der Waals surface area contributed by atoms with Gasteiger partial charge in [-0.3, -0.25) is 0 Å². The number of hydrogen-bond acceptors (Lipinski definition) is 1. The molecule has 0 saturated carbocycles. The van der Waals surface area contributed by atoms with E-state index < -0.39 is 0 Å². The molecule has 0 amide bonds. The van der Waals surface area contributed by atoms with Crippen molar-refractivity contribution in [3.63, 3.8) is 0 Å². The number of rotatable bonds is 2. The third-order valence-electron chi connectivity index (χ3n) is 6.67. The average molecular weight is 369 g/mol. The Morgan fingerprint density at radius 1 is 0.786 bits per heavy atom. The van der Waals surface area contributed by atoms with Crippen molar-refractivity contribution in [3.8, 4) is 0 Å². The molecule has 0 bridgehead atoms. The van der Waals surface area contributed by atoms with Crippen LogP contribution in [0.3, 0.4) is 0 Å². The Kier molecular flexibility index (Phi) is 4.56. The Bertz CT molecular complexity index is 954. The van der Waals surface area contributed by atoms with Crippen molar-refractivity contribution in [2.24, 2.45) is 11.8 Å². The van der Waals surface area contributed by atoms with Crippen LogP contribution in [0.2, 0.25) is 0 Å². The quantitative estimate of drug-likeness (QED) is 0.509. The van der Waals surface area contributed by atoms with Crippen molar-refractivity contribution < 1.29 is 4.74 Å². The van der Waals surface area contributed by atoms with Crippen molar-refractivity contribution in [2.45, 2.75) is 38.7 Å². The van der Waals surface area contributed by atoms with E-state index in [1.165, 1.54) is 39.8 Å². The highest BCUT2D eigenvalue weighted by molar-refractivity contribution is 5.43. The fourth-order valence-electron chi connectivity index (χ4n) is 5.65. The molecule has 1 aliphatic heterocycles. The molecule has 2 aliphatic rings. The zero-order chi connectivity index (χ0) is 19.1. The molecule has 0 radical (unpaired) electrons. The van der Waals surface area contributed by atoms with Crippen molar-refractivity contribution >= 4 is 0 Å². The fraction of sp³-hybridized carbons (Fsp3) is 0.333. The normalized spacial score (nSPS) is 26.4. The van der Waals surface area contributed by atoms with E-state index in [9.17, 15) is 0 Å². The van der Waals surface area contributed by atoms with Crippen molar-refractivity contribution in [1.82, 2.24) is 0 Å². The lowest BCUT2D eigenvalue weighted by Crippen LogP contribution is -2.40. The molecule has 1 fully saturated rings. The molecule has 1 saturated heterocycles. The second-order valence-corrected chi connectivity index (χ2v) is 8.63. The van der Waals surface area contributed by atoms with Crippen molar-refractivity contribution in [1.29, 1.82) is 0 Å². The van der Waals surface area contributed by atoms with Gasteiger partial charge in [-0.15, -0.1) is 0 Å². The maximum atomic E-state index is 6.51. The van der Waals surface area contributed by atoms with E-state index in [1.54, 1.807) is 0 Å². The molecule has 1 nitrogen and oxygen atoms in total. The number of hydrogen-bond donors (Lipinski definition) is 0. The number of fused-ring (bicyclic) bond motifs is 2. The molecule has 0 unspecified atom stereocenters. The molecular weight excluding hydrogens is 340 g/mol. The van der Waals surface area contributed by atoms with Crippen LogP contribution in [-0.2, 0) is 11.2 Å². The minimum absolute atomic E-state index is 0.163. The standard InChI is InChI=1S/C27H28O/c1-18-14-19(2)16-23(15-18)27-26-22(12-13-28-27)17-21-10-6-7-11-24(21)25(26)20-8-4-3-5-9-20/h3-11,14-16,22,25-27H,12-13,17H2,1-2H3/t22-,25+,26+,27+/m0/s1. The van der Waals surface area contributed by atoms with Crippen LogP contribution >= 0.6 is 0 Å². The van der Waals surface area contributed by atoms with E-state index in [1.807, 2.05) is 0 Å². The van der Waals surface area contributed by atoms with E-state index >= 15 is 0 Å². The lowest BCUT2D eigenvalue weighted by molar-refractivity contribution is -0.0686. The molecule has 0 N–H and O–H groups in total. The summed E-state index contributed by atoms with van der Waals surface area (Å²) in [6.45, 7) is 5.26. The van der Waals surface area contributed by atoms with Crippen LogP contribution in [0.1, 0.15) is 51.8 Å². The number of benzene rings is 3. The molecule has 1 aliphatic carbocycles. The lowest BCUT2D eigenvalue weighted by Gasteiger charge is -2.47. The van der Waals surface area contributed by atoms with Gasteiger partial charge in [0.25, 0.3) is 0 Å². The first-order chi connectivity index (χ1) is 13.7. The predicted octanol–water partition coefficient (Wildman–Crippen LogP) is 6.39. The Morgan fingerprint density at radius 2 is 1.50 bits per heavy atom. The Morgan fingerprint density at radius 3 is 2.29 bits per heavy atom. The molecule has 0 aromatic heterocycles. The second-order valence-electron chi connectivity index (χ2n) is 8.63. The van der Waals surface area contributed by atoms with Crippen LogP contribution in [0.15, 0.2) is 72.8 Å². The van der Waals surface area contributed by atoms with Gasteiger partial charge in [0.05, 0.1) is 6.10 Å². The minimum atomic E-state index is 0.163. The van der Waals surface area contributed by atoms with Gasteiger partial charge < -0.3 is 4.74 Å². The highest BCUT2D eigenvalue weighted by atomic mass is 16.5. The molecular formula is C27H28O. The first kappa shape index (κ1) is 17.7. The van der Waals surface area contributed by atoms with Gasteiger partial charge in [0.2, 0.25) is 0 Å². The largest absolute Gasteiger partial charge is 0.373 e. The summed E-state index contributed by atoms with van der Waals surface area (Å²) in [6.07, 6.45) is 2.49. The lowest BCUT2D eigenvalue weighted by atomic mass is 9.62. The van der Waals surface area contributed by atoms with Crippen LogP contribution in [-0.4, -0.2) is 6.61 Å². The minimum Gasteiger partial charge on any atom is -0.373 e. The molecule has 0 spiro atoms. The zero-order valence-corrected chi connectivity index (χ0v) is 16.8. The molecule has 1 heterocycles. The summed E-state index contributed by atoms with van der Waals surface area (Å²) in [5.41, 5.74) is 8.45. The number of ether oxygens (including phenoxy) is 1. The van der Waals surface area contributed by atoms with Gasteiger partial charge in [-0.05, 0) is 54.9 Å². The molecule has 142 valence electrons. The molecule has 3 aromatic carbocycles. The number of aryl methyl sites for hydroxylation is 2. The molecule has 5 rings (SSSR count). The van der Waals surface area contributed by atoms with Gasteiger partial charge in [0.1, 0.15) is 0 Å². The second kappa shape index (κ2) is 7.22.